The molecular weight excluding hydrogens is 382 g/mol. The van der Waals surface area contributed by atoms with E-state index in [1.54, 1.807) is 0 Å². The van der Waals surface area contributed by atoms with Crippen LogP contribution in [-0.4, -0.2) is 27.5 Å². The third kappa shape index (κ3) is 4.86. The Labute approximate surface area is 137 Å². The van der Waals surface area contributed by atoms with Crippen molar-refractivity contribution in [1.29, 1.82) is 0 Å². The maximum Gasteiger partial charge on any atom is 0.265 e. The Hall–Kier alpha value is -0.790. The lowest BCUT2D eigenvalue weighted by Gasteiger charge is -2.14. The molecular formula is C13H17BrClNO4S. The number of carbonyl (C=O) groups excluding carboxylic acids is 1. The number of halogens is 2. The van der Waals surface area contributed by atoms with Gasteiger partial charge in [-0.2, -0.15) is 0 Å². The molecule has 0 heterocycles. The van der Waals surface area contributed by atoms with Gasteiger partial charge in [0.05, 0.1) is 11.6 Å². The SMILES string of the molecule is CCCC(C)NC(=O)c1cc(Br)c(OC)c(S(=O)(=O)Cl)c1. The summed E-state index contributed by atoms with van der Waals surface area (Å²) in [5.74, 6) is -0.288. The van der Waals surface area contributed by atoms with Gasteiger partial charge in [0.2, 0.25) is 0 Å². The smallest absolute Gasteiger partial charge is 0.265 e. The lowest BCUT2D eigenvalue weighted by molar-refractivity contribution is 0.0938. The fourth-order valence-corrected chi connectivity index (χ4v) is 3.67. The summed E-state index contributed by atoms with van der Waals surface area (Å²) in [6.45, 7) is 3.91. The van der Waals surface area contributed by atoms with Crippen LogP contribution in [0.3, 0.4) is 0 Å². The minimum Gasteiger partial charge on any atom is -0.494 e. The monoisotopic (exact) mass is 397 g/mol. The fourth-order valence-electron chi connectivity index (χ4n) is 1.89. The Morgan fingerprint density at radius 3 is 2.57 bits per heavy atom. The molecule has 8 heteroatoms. The molecule has 0 saturated heterocycles. The van der Waals surface area contributed by atoms with E-state index in [1.807, 2.05) is 13.8 Å². The topological polar surface area (TPSA) is 72.5 Å². The molecule has 0 aliphatic heterocycles. The average molecular weight is 399 g/mol. The van der Waals surface area contributed by atoms with Crippen LogP contribution < -0.4 is 10.1 Å². The Bertz CT molecular complexity index is 633. The van der Waals surface area contributed by atoms with Crippen molar-refractivity contribution in [1.82, 2.24) is 5.32 Å². The molecule has 0 spiro atoms. The van der Waals surface area contributed by atoms with Gasteiger partial charge in [-0.1, -0.05) is 13.3 Å². The number of hydrogen-bond donors (Lipinski definition) is 1. The van der Waals surface area contributed by atoms with E-state index in [-0.39, 0.29) is 28.2 Å². The number of amides is 1. The third-order valence-corrected chi connectivity index (χ3v) is 4.75. The first kappa shape index (κ1) is 18.3. The lowest BCUT2D eigenvalue weighted by atomic mass is 10.1. The van der Waals surface area contributed by atoms with E-state index in [0.29, 0.717) is 4.47 Å². The van der Waals surface area contributed by atoms with E-state index < -0.39 is 9.05 Å². The molecule has 1 aromatic rings. The highest BCUT2D eigenvalue weighted by atomic mass is 79.9. The summed E-state index contributed by atoms with van der Waals surface area (Å²) in [7, 11) is 2.69. The molecule has 5 nitrogen and oxygen atoms in total. The van der Waals surface area contributed by atoms with Crippen molar-refractivity contribution in [2.24, 2.45) is 0 Å². The highest BCUT2D eigenvalue weighted by Gasteiger charge is 2.22. The van der Waals surface area contributed by atoms with Crippen LogP contribution in [0, 0.1) is 0 Å². The second kappa shape index (κ2) is 7.47. The van der Waals surface area contributed by atoms with Crippen LogP contribution in [0.25, 0.3) is 0 Å². The molecule has 1 aromatic carbocycles. The van der Waals surface area contributed by atoms with Crippen LogP contribution in [0.4, 0.5) is 0 Å². The van der Waals surface area contributed by atoms with Crippen molar-refractivity contribution in [3.8, 4) is 5.75 Å². The maximum absolute atomic E-state index is 12.2. The molecule has 1 unspecified atom stereocenters. The van der Waals surface area contributed by atoms with Gasteiger partial charge in [0.15, 0.2) is 5.75 Å². The van der Waals surface area contributed by atoms with Crippen LogP contribution in [0.1, 0.15) is 37.0 Å². The van der Waals surface area contributed by atoms with Gasteiger partial charge in [0.25, 0.3) is 15.0 Å². The zero-order valence-corrected chi connectivity index (χ0v) is 15.1. The van der Waals surface area contributed by atoms with Crippen LogP contribution in [0.15, 0.2) is 21.5 Å². The Morgan fingerprint density at radius 1 is 1.48 bits per heavy atom. The first-order chi connectivity index (χ1) is 9.70. The van der Waals surface area contributed by atoms with Gasteiger partial charge >= 0.3 is 0 Å². The molecule has 1 amide bonds. The van der Waals surface area contributed by atoms with Crippen molar-refractivity contribution in [3.63, 3.8) is 0 Å². The summed E-state index contributed by atoms with van der Waals surface area (Å²) in [6.07, 6.45) is 1.78. The normalized spacial score (nSPS) is 12.8. The summed E-state index contributed by atoms with van der Waals surface area (Å²) in [5, 5.41) is 2.80. The minimum atomic E-state index is -4.03. The van der Waals surface area contributed by atoms with Crippen molar-refractivity contribution in [2.45, 2.75) is 37.6 Å². The lowest BCUT2D eigenvalue weighted by Crippen LogP contribution is -2.32. The number of rotatable bonds is 6. The Kier molecular flexibility index (Phi) is 6.49. The summed E-state index contributed by atoms with van der Waals surface area (Å²) in [5.41, 5.74) is 0.199. The van der Waals surface area contributed by atoms with Crippen LogP contribution in [-0.2, 0) is 9.05 Å². The van der Waals surface area contributed by atoms with E-state index in [9.17, 15) is 13.2 Å². The number of carbonyl (C=O) groups is 1. The molecule has 0 aliphatic rings. The predicted octanol–water partition coefficient (Wildman–Crippen LogP) is 3.30. The fraction of sp³-hybridized carbons (Fsp3) is 0.462. The van der Waals surface area contributed by atoms with Crippen LogP contribution >= 0.6 is 26.6 Å². The summed E-state index contributed by atoms with van der Waals surface area (Å²) in [4.78, 5) is 11.9. The maximum atomic E-state index is 12.2. The Morgan fingerprint density at radius 2 is 2.10 bits per heavy atom. The minimum absolute atomic E-state index is 0.000522. The molecule has 0 fully saturated rings. The van der Waals surface area contributed by atoms with Gasteiger partial charge in [0.1, 0.15) is 4.90 Å². The van der Waals surface area contributed by atoms with Gasteiger partial charge in [-0.3, -0.25) is 4.79 Å². The molecule has 1 atom stereocenters. The highest BCUT2D eigenvalue weighted by molar-refractivity contribution is 9.10. The van der Waals surface area contributed by atoms with E-state index in [4.69, 9.17) is 15.4 Å². The number of nitrogens with one attached hydrogen (secondary N) is 1. The molecule has 21 heavy (non-hydrogen) atoms. The van der Waals surface area contributed by atoms with Crippen LogP contribution in [0.5, 0.6) is 5.75 Å². The second-order valence-electron chi connectivity index (χ2n) is 4.59. The molecule has 1 rings (SSSR count). The van der Waals surface area contributed by atoms with Gasteiger partial charge in [0, 0.05) is 22.3 Å². The average Bonchev–Trinajstić information content (AvgIpc) is 2.36. The third-order valence-electron chi connectivity index (χ3n) is 2.84. The van der Waals surface area contributed by atoms with Gasteiger partial charge in [-0.25, -0.2) is 8.42 Å². The predicted molar refractivity (Wildman–Crippen MR) is 85.6 cm³/mol. The van der Waals surface area contributed by atoms with Crippen molar-refractivity contribution < 1.29 is 17.9 Å². The molecule has 0 radical (unpaired) electrons. The standard InChI is InChI=1S/C13H17BrClNO4S/c1-4-5-8(2)16-13(17)9-6-10(14)12(20-3)11(7-9)21(15,18)19/h6-8H,4-5H2,1-3H3,(H,16,17). The molecule has 0 aliphatic carbocycles. The Balaban J connectivity index is 3.22. The number of methoxy groups -OCH3 is 1. The van der Waals surface area contributed by atoms with E-state index in [0.717, 1.165) is 12.8 Å². The molecule has 1 N–H and O–H groups in total. The van der Waals surface area contributed by atoms with E-state index >= 15 is 0 Å². The van der Waals surface area contributed by atoms with Crippen molar-refractivity contribution in [2.75, 3.05) is 7.11 Å². The molecule has 0 aromatic heterocycles. The molecule has 118 valence electrons. The number of hydrogen-bond acceptors (Lipinski definition) is 4. The molecule has 0 bridgehead atoms. The first-order valence-electron chi connectivity index (χ1n) is 6.33. The summed E-state index contributed by atoms with van der Waals surface area (Å²) >= 11 is 3.19. The molecule has 0 saturated carbocycles. The highest BCUT2D eigenvalue weighted by Crippen LogP contribution is 2.35. The van der Waals surface area contributed by atoms with E-state index in [2.05, 4.69) is 21.2 Å². The number of ether oxygens (including phenoxy) is 1. The summed E-state index contributed by atoms with van der Waals surface area (Å²) < 4.78 is 28.6. The van der Waals surface area contributed by atoms with Crippen LogP contribution in [0.2, 0.25) is 0 Å². The first-order valence-corrected chi connectivity index (χ1v) is 9.44. The van der Waals surface area contributed by atoms with E-state index in [1.165, 1.54) is 19.2 Å². The summed E-state index contributed by atoms with van der Waals surface area (Å²) in [6, 6.07) is 2.71. The quantitative estimate of drug-likeness (QED) is 0.746. The zero-order chi connectivity index (χ0) is 16.2. The van der Waals surface area contributed by atoms with Gasteiger partial charge < -0.3 is 10.1 Å². The zero-order valence-electron chi connectivity index (χ0n) is 11.9. The largest absolute Gasteiger partial charge is 0.494 e. The van der Waals surface area contributed by atoms with Crippen molar-refractivity contribution >= 4 is 41.6 Å². The van der Waals surface area contributed by atoms with Gasteiger partial charge in [-0.15, -0.1) is 0 Å². The van der Waals surface area contributed by atoms with Gasteiger partial charge in [-0.05, 0) is 41.4 Å². The van der Waals surface area contributed by atoms with Crippen molar-refractivity contribution in [3.05, 3.63) is 22.2 Å². The number of benzene rings is 1. The second-order valence-corrected chi connectivity index (χ2v) is 7.98.